The number of benzene rings is 1. The first-order chi connectivity index (χ1) is 11.6. The van der Waals surface area contributed by atoms with Crippen molar-refractivity contribution in [1.82, 2.24) is 5.32 Å². The maximum absolute atomic E-state index is 13.5. The summed E-state index contributed by atoms with van der Waals surface area (Å²) in [6.07, 6.45) is 2.37. The van der Waals surface area contributed by atoms with Gasteiger partial charge in [0.2, 0.25) is 0 Å². The highest BCUT2D eigenvalue weighted by molar-refractivity contribution is 5.68. The van der Waals surface area contributed by atoms with Crippen LogP contribution in [-0.4, -0.2) is 24.3 Å². The monoisotopic (exact) mass is 351 g/mol. The van der Waals surface area contributed by atoms with Gasteiger partial charge < -0.3 is 14.8 Å². The van der Waals surface area contributed by atoms with Crippen molar-refractivity contribution >= 4 is 6.09 Å². The lowest BCUT2D eigenvalue weighted by molar-refractivity contribution is 0.0504. The molecule has 5 heteroatoms. The molecule has 0 bridgehead atoms. The maximum Gasteiger partial charge on any atom is 0.407 e. The van der Waals surface area contributed by atoms with Crippen molar-refractivity contribution < 1.29 is 18.7 Å². The predicted octanol–water partition coefficient (Wildman–Crippen LogP) is 5.02. The smallest absolute Gasteiger partial charge is 0.407 e. The fourth-order valence-electron chi connectivity index (χ4n) is 3.15. The maximum atomic E-state index is 13.5. The molecule has 1 N–H and O–H groups in total. The van der Waals surface area contributed by atoms with Crippen molar-refractivity contribution in [3.05, 3.63) is 29.6 Å². The molecule has 0 spiro atoms. The van der Waals surface area contributed by atoms with Crippen LogP contribution in [0.25, 0.3) is 0 Å². The third-order valence-corrected chi connectivity index (χ3v) is 4.33. The molecule has 0 aromatic heterocycles. The van der Waals surface area contributed by atoms with E-state index in [1.165, 1.54) is 12.1 Å². The molecule has 0 saturated heterocycles. The number of halogens is 1. The van der Waals surface area contributed by atoms with Gasteiger partial charge in [-0.3, -0.25) is 0 Å². The standard InChI is InChI=1S/C20H30FNO3/c1-13(2)17-9-7-15(21)11-18(17)24-12-14-6-8-16(10-14)22-19(23)25-20(3,4)5/h7,9,11,13-14,16H,6,8,10,12H2,1-5H3,(H,22,23). The molecule has 1 aliphatic rings. The van der Waals surface area contributed by atoms with E-state index in [1.807, 2.05) is 20.8 Å². The molecule has 1 saturated carbocycles. The highest BCUT2D eigenvalue weighted by atomic mass is 19.1. The molecule has 1 aromatic carbocycles. The highest BCUT2D eigenvalue weighted by Gasteiger charge is 2.28. The van der Waals surface area contributed by atoms with Crippen molar-refractivity contribution in [3.8, 4) is 5.75 Å². The van der Waals surface area contributed by atoms with Crippen molar-refractivity contribution in [2.24, 2.45) is 5.92 Å². The van der Waals surface area contributed by atoms with Crippen LogP contribution >= 0.6 is 0 Å². The Morgan fingerprint density at radius 1 is 1.32 bits per heavy atom. The van der Waals surface area contributed by atoms with Gasteiger partial charge in [0.25, 0.3) is 0 Å². The molecular formula is C20H30FNO3. The van der Waals surface area contributed by atoms with Crippen LogP contribution < -0.4 is 10.1 Å². The topological polar surface area (TPSA) is 47.6 Å². The van der Waals surface area contributed by atoms with Crippen molar-refractivity contribution in [2.75, 3.05) is 6.61 Å². The van der Waals surface area contributed by atoms with Gasteiger partial charge in [0.15, 0.2) is 0 Å². The van der Waals surface area contributed by atoms with Crippen LogP contribution in [0.5, 0.6) is 5.75 Å². The third kappa shape index (κ3) is 6.22. The first kappa shape index (κ1) is 19.5. The van der Waals surface area contributed by atoms with E-state index in [9.17, 15) is 9.18 Å². The SMILES string of the molecule is CC(C)c1ccc(F)cc1OCC1CCC(NC(=O)OC(C)(C)C)C1. The van der Waals surface area contributed by atoms with Gasteiger partial charge in [0.1, 0.15) is 17.2 Å². The Labute approximate surface area is 150 Å². The second kappa shape index (κ2) is 8.07. The van der Waals surface area contributed by atoms with E-state index in [2.05, 4.69) is 19.2 Å². The van der Waals surface area contributed by atoms with Crippen LogP contribution in [0.3, 0.4) is 0 Å². The molecule has 1 aromatic rings. The first-order valence-electron chi connectivity index (χ1n) is 9.06. The summed E-state index contributed by atoms with van der Waals surface area (Å²) in [5.74, 6) is 0.970. The summed E-state index contributed by atoms with van der Waals surface area (Å²) in [6, 6.07) is 4.83. The van der Waals surface area contributed by atoms with Crippen LogP contribution in [0.1, 0.15) is 65.4 Å². The summed E-state index contributed by atoms with van der Waals surface area (Å²) in [6.45, 7) is 10.2. The predicted molar refractivity (Wildman–Crippen MR) is 96.5 cm³/mol. The number of alkyl carbamates (subject to hydrolysis) is 1. The number of carbonyl (C=O) groups excluding carboxylic acids is 1. The van der Waals surface area contributed by atoms with Crippen LogP contribution in [-0.2, 0) is 4.74 Å². The molecule has 0 heterocycles. The Bertz CT molecular complexity index is 595. The van der Waals surface area contributed by atoms with Gasteiger partial charge in [-0.05, 0) is 63.5 Å². The Hall–Kier alpha value is -1.78. The summed E-state index contributed by atoms with van der Waals surface area (Å²) >= 11 is 0. The van der Waals surface area contributed by atoms with Gasteiger partial charge in [-0.25, -0.2) is 9.18 Å². The lowest BCUT2D eigenvalue weighted by Crippen LogP contribution is -2.38. The van der Waals surface area contributed by atoms with Gasteiger partial charge in [-0.2, -0.15) is 0 Å². The van der Waals surface area contributed by atoms with Crippen molar-refractivity contribution in [1.29, 1.82) is 0 Å². The van der Waals surface area contributed by atoms with Gasteiger partial charge in [-0.1, -0.05) is 19.9 Å². The van der Waals surface area contributed by atoms with E-state index in [0.717, 1.165) is 24.8 Å². The van der Waals surface area contributed by atoms with Gasteiger partial charge in [0, 0.05) is 12.1 Å². The van der Waals surface area contributed by atoms with Gasteiger partial charge >= 0.3 is 6.09 Å². The zero-order chi connectivity index (χ0) is 18.6. The van der Waals surface area contributed by atoms with Gasteiger partial charge in [0.05, 0.1) is 6.61 Å². The highest BCUT2D eigenvalue weighted by Crippen LogP contribution is 2.30. The Morgan fingerprint density at radius 2 is 2.04 bits per heavy atom. The minimum Gasteiger partial charge on any atom is -0.493 e. The number of carbonyl (C=O) groups is 1. The molecule has 1 fully saturated rings. The molecule has 0 radical (unpaired) electrons. The van der Waals surface area contributed by atoms with Crippen LogP contribution in [0, 0.1) is 11.7 Å². The van der Waals surface area contributed by atoms with E-state index in [-0.39, 0.29) is 23.9 Å². The van der Waals surface area contributed by atoms with E-state index in [4.69, 9.17) is 9.47 Å². The van der Waals surface area contributed by atoms with Crippen molar-refractivity contribution in [2.45, 2.75) is 71.4 Å². The largest absolute Gasteiger partial charge is 0.493 e. The lowest BCUT2D eigenvalue weighted by Gasteiger charge is -2.22. The van der Waals surface area contributed by atoms with E-state index < -0.39 is 5.60 Å². The van der Waals surface area contributed by atoms with E-state index in [0.29, 0.717) is 18.3 Å². The minimum absolute atomic E-state index is 0.112. The Morgan fingerprint density at radius 3 is 2.68 bits per heavy atom. The molecule has 1 amide bonds. The van der Waals surface area contributed by atoms with E-state index in [1.54, 1.807) is 6.07 Å². The molecule has 2 rings (SSSR count). The molecule has 2 unspecified atom stereocenters. The number of hydrogen-bond acceptors (Lipinski definition) is 3. The van der Waals surface area contributed by atoms with E-state index >= 15 is 0 Å². The fraction of sp³-hybridized carbons (Fsp3) is 0.650. The summed E-state index contributed by atoms with van der Waals surface area (Å²) in [5.41, 5.74) is 0.526. The average Bonchev–Trinajstić information content (AvgIpc) is 2.90. The zero-order valence-corrected chi connectivity index (χ0v) is 15.9. The first-order valence-corrected chi connectivity index (χ1v) is 9.06. The van der Waals surface area contributed by atoms with Crippen LogP contribution in [0.4, 0.5) is 9.18 Å². The molecular weight excluding hydrogens is 321 g/mol. The number of hydrogen-bond donors (Lipinski definition) is 1. The molecule has 25 heavy (non-hydrogen) atoms. The molecule has 2 atom stereocenters. The summed E-state index contributed by atoms with van der Waals surface area (Å²) < 4.78 is 24.7. The minimum atomic E-state index is -0.490. The third-order valence-electron chi connectivity index (χ3n) is 4.33. The summed E-state index contributed by atoms with van der Waals surface area (Å²) in [5, 5.41) is 2.93. The van der Waals surface area contributed by atoms with Crippen molar-refractivity contribution in [3.63, 3.8) is 0 Å². The Balaban J connectivity index is 1.84. The number of amides is 1. The fourth-order valence-corrected chi connectivity index (χ4v) is 3.15. The second-order valence-electron chi connectivity index (χ2n) is 8.17. The lowest BCUT2D eigenvalue weighted by atomic mass is 10.0. The van der Waals surface area contributed by atoms with Crippen LogP contribution in [0.2, 0.25) is 0 Å². The molecule has 1 aliphatic carbocycles. The Kier molecular flexibility index (Phi) is 6.31. The zero-order valence-electron chi connectivity index (χ0n) is 15.9. The quantitative estimate of drug-likeness (QED) is 0.810. The summed E-state index contributed by atoms with van der Waals surface area (Å²) in [7, 11) is 0. The summed E-state index contributed by atoms with van der Waals surface area (Å²) in [4.78, 5) is 11.9. The number of nitrogens with one attached hydrogen (secondary N) is 1. The number of rotatable bonds is 5. The number of ether oxygens (including phenoxy) is 2. The van der Waals surface area contributed by atoms with Gasteiger partial charge in [-0.15, -0.1) is 0 Å². The second-order valence-corrected chi connectivity index (χ2v) is 8.17. The average molecular weight is 351 g/mol. The molecule has 0 aliphatic heterocycles. The normalized spacial score (nSPS) is 20.6. The molecule has 140 valence electrons. The molecule has 4 nitrogen and oxygen atoms in total. The van der Waals surface area contributed by atoms with Crippen LogP contribution in [0.15, 0.2) is 18.2 Å².